The number of hydrogen-bond acceptors (Lipinski definition) is 3. The van der Waals surface area contributed by atoms with E-state index in [1.807, 2.05) is 6.92 Å². The molecule has 0 bridgehead atoms. The zero-order chi connectivity index (χ0) is 12.3. The second-order valence-electron chi connectivity index (χ2n) is 3.48. The van der Waals surface area contributed by atoms with Crippen LogP contribution in [-0.4, -0.2) is 9.97 Å². The van der Waals surface area contributed by atoms with Crippen molar-refractivity contribution in [3.8, 4) is 0 Å². The highest BCUT2D eigenvalue weighted by molar-refractivity contribution is 6.30. The summed E-state index contributed by atoms with van der Waals surface area (Å²) in [5.74, 6) is 0.381. The van der Waals surface area contributed by atoms with E-state index in [-0.39, 0.29) is 5.82 Å². The van der Waals surface area contributed by atoms with Crippen LogP contribution in [0.25, 0.3) is 0 Å². The number of rotatable bonds is 3. The molecule has 0 aliphatic carbocycles. The summed E-state index contributed by atoms with van der Waals surface area (Å²) in [6.45, 7) is 1.97. The summed E-state index contributed by atoms with van der Waals surface area (Å²) in [5, 5.41) is 3.53. The van der Waals surface area contributed by atoms with Crippen molar-refractivity contribution in [2.75, 3.05) is 5.32 Å². The molecule has 88 valence electrons. The van der Waals surface area contributed by atoms with Crippen molar-refractivity contribution in [2.45, 2.75) is 13.3 Å². The summed E-state index contributed by atoms with van der Waals surface area (Å²) >= 11 is 5.97. The summed E-state index contributed by atoms with van der Waals surface area (Å²) in [7, 11) is 0. The van der Waals surface area contributed by atoms with Gasteiger partial charge in [-0.05, 0) is 30.7 Å². The van der Waals surface area contributed by atoms with Crippen molar-refractivity contribution >= 4 is 23.1 Å². The van der Waals surface area contributed by atoms with Crippen LogP contribution in [0.2, 0.25) is 5.15 Å². The highest BCUT2D eigenvalue weighted by Crippen LogP contribution is 2.23. The third kappa shape index (κ3) is 2.71. The molecule has 17 heavy (non-hydrogen) atoms. The first kappa shape index (κ1) is 11.8. The minimum Gasteiger partial charge on any atom is -0.340 e. The molecule has 0 aliphatic rings. The second-order valence-corrected chi connectivity index (χ2v) is 3.84. The van der Waals surface area contributed by atoms with E-state index in [9.17, 15) is 4.39 Å². The normalized spacial score (nSPS) is 10.3. The molecule has 0 spiro atoms. The minimum atomic E-state index is -0.271. The maximum atomic E-state index is 12.8. The number of benzene rings is 1. The van der Waals surface area contributed by atoms with Crippen LogP contribution in [0.5, 0.6) is 0 Å². The zero-order valence-corrected chi connectivity index (χ0v) is 10.0. The molecule has 3 nitrogen and oxygen atoms in total. The van der Waals surface area contributed by atoms with Crippen molar-refractivity contribution in [1.82, 2.24) is 9.97 Å². The van der Waals surface area contributed by atoms with Gasteiger partial charge >= 0.3 is 0 Å². The number of anilines is 2. The van der Waals surface area contributed by atoms with Crippen molar-refractivity contribution < 1.29 is 4.39 Å². The fourth-order valence-electron chi connectivity index (χ4n) is 1.48. The average molecular weight is 252 g/mol. The van der Waals surface area contributed by atoms with Gasteiger partial charge in [0.25, 0.3) is 0 Å². The third-order valence-electron chi connectivity index (χ3n) is 2.35. The van der Waals surface area contributed by atoms with Crippen molar-refractivity contribution in [1.29, 1.82) is 0 Å². The van der Waals surface area contributed by atoms with E-state index in [4.69, 9.17) is 11.6 Å². The van der Waals surface area contributed by atoms with Gasteiger partial charge in [-0.15, -0.1) is 0 Å². The van der Waals surface area contributed by atoms with Gasteiger partial charge < -0.3 is 5.32 Å². The topological polar surface area (TPSA) is 37.8 Å². The molecule has 1 aromatic carbocycles. The predicted octanol–water partition coefficient (Wildman–Crippen LogP) is 3.58. The number of nitrogens with zero attached hydrogens (tertiary/aromatic N) is 2. The largest absolute Gasteiger partial charge is 0.340 e. The zero-order valence-electron chi connectivity index (χ0n) is 9.24. The first-order chi connectivity index (χ1) is 8.20. The SMILES string of the molecule is CCc1c(Cl)ncnc1Nc1ccc(F)cc1. The van der Waals surface area contributed by atoms with E-state index in [0.29, 0.717) is 11.0 Å². The second kappa shape index (κ2) is 5.10. The number of hydrogen-bond donors (Lipinski definition) is 1. The Balaban J connectivity index is 2.29. The van der Waals surface area contributed by atoms with Crippen LogP contribution in [0.1, 0.15) is 12.5 Å². The molecule has 0 fully saturated rings. The highest BCUT2D eigenvalue weighted by Gasteiger charge is 2.07. The molecule has 0 amide bonds. The Morgan fingerprint density at radius 1 is 1.24 bits per heavy atom. The molecule has 0 radical (unpaired) electrons. The summed E-state index contributed by atoms with van der Waals surface area (Å²) in [5.41, 5.74) is 1.61. The van der Waals surface area contributed by atoms with E-state index in [2.05, 4.69) is 15.3 Å². The highest BCUT2D eigenvalue weighted by atomic mass is 35.5. The van der Waals surface area contributed by atoms with Crippen molar-refractivity contribution in [3.63, 3.8) is 0 Å². The van der Waals surface area contributed by atoms with Gasteiger partial charge in [0.2, 0.25) is 0 Å². The van der Waals surface area contributed by atoms with Crippen LogP contribution in [0.3, 0.4) is 0 Å². The fraction of sp³-hybridized carbons (Fsp3) is 0.167. The third-order valence-corrected chi connectivity index (χ3v) is 2.68. The average Bonchev–Trinajstić information content (AvgIpc) is 2.32. The molecule has 1 heterocycles. The molecular formula is C12H11ClFN3. The van der Waals surface area contributed by atoms with Gasteiger partial charge in [-0.1, -0.05) is 18.5 Å². The first-order valence-electron chi connectivity index (χ1n) is 5.22. The molecule has 1 aromatic heterocycles. The Kier molecular flexibility index (Phi) is 3.54. The van der Waals surface area contributed by atoms with Crippen LogP contribution < -0.4 is 5.32 Å². The molecule has 0 aliphatic heterocycles. The number of nitrogens with one attached hydrogen (secondary N) is 1. The molecule has 0 unspecified atom stereocenters. The monoisotopic (exact) mass is 251 g/mol. The van der Waals surface area contributed by atoms with Crippen LogP contribution in [0.4, 0.5) is 15.9 Å². The Morgan fingerprint density at radius 2 is 1.94 bits per heavy atom. The minimum absolute atomic E-state index is 0.271. The standard InChI is InChI=1S/C12H11ClFN3/c1-2-10-11(13)15-7-16-12(10)17-9-5-3-8(14)4-6-9/h3-7H,2H2,1H3,(H,15,16,17). The van der Waals surface area contributed by atoms with Gasteiger partial charge in [-0.3, -0.25) is 0 Å². The van der Waals surface area contributed by atoms with Crippen LogP contribution >= 0.6 is 11.6 Å². The van der Waals surface area contributed by atoms with Crippen LogP contribution in [0, 0.1) is 5.82 Å². The maximum Gasteiger partial charge on any atom is 0.138 e. The van der Waals surface area contributed by atoms with Gasteiger partial charge in [-0.2, -0.15) is 0 Å². The lowest BCUT2D eigenvalue weighted by atomic mass is 10.2. The maximum absolute atomic E-state index is 12.8. The van der Waals surface area contributed by atoms with Crippen molar-refractivity contribution in [2.24, 2.45) is 0 Å². The lowest BCUT2D eigenvalue weighted by Crippen LogP contribution is -2.00. The first-order valence-corrected chi connectivity index (χ1v) is 5.60. The van der Waals surface area contributed by atoms with Gasteiger partial charge in [0.05, 0.1) is 0 Å². The molecule has 2 aromatic rings. The Bertz CT molecular complexity index is 514. The molecule has 1 N–H and O–H groups in total. The van der Waals surface area contributed by atoms with Crippen molar-refractivity contribution in [3.05, 3.63) is 47.1 Å². The molecular weight excluding hydrogens is 241 g/mol. The van der Waals surface area contributed by atoms with Gasteiger partial charge in [0.15, 0.2) is 0 Å². The quantitative estimate of drug-likeness (QED) is 0.848. The molecule has 0 atom stereocenters. The van der Waals surface area contributed by atoms with E-state index in [1.165, 1.54) is 18.5 Å². The lowest BCUT2D eigenvalue weighted by Gasteiger charge is -2.10. The van der Waals surface area contributed by atoms with Gasteiger partial charge in [-0.25, -0.2) is 14.4 Å². The Morgan fingerprint density at radius 3 is 2.59 bits per heavy atom. The molecule has 5 heteroatoms. The van der Waals surface area contributed by atoms with Crippen LogP contribution in [0.15, 0.2) is 30.6 Å². The Hall–Kier alpha value is -1.68. The van der Waals surface area contributed by atoms with E-state index in [1.54, 1.807) is 12.1 Å². The Labute approximate surface area is 104 Å². The smallest absolute Gasteiger partial charge is 0.138 e. The van der Waals surface area contributed by atoms with Gasteiger partial charge in [0.1, 0.15) is 23.1 Å². The molecule has 2 rings (SSSR count). The van der Waals surface area contributed by atoms with E-state index in [0.717, 1.165) is 17.7 Å². The number of aromatic nitrogens is 2. The van der Waals surface area contributed by atoms with Gasteiger partial charge in [0, 0.05) is 11.3 Å². The van der Waals surface area contributed by atoms with Crippen LogP contribution in [-0.2, 0) is 6.42 Å². The van der Waals surface area contributed by atoms with E-state index >= 15 is 0 Å². The number of halogens is 2. The fourth-order valence-corrected chi connectivity index (χ4v) is 1.75. The summed E-state index contributed by atoms with van der Waals surface area (Å²) < 4.78 is 12.8. The molecule has 0 saturated heterocycles. The van der Waals surface area contributed by atoms with E-state index < -0.39 is 0 Å². The lowest BCUT2D eigenvalue weighted by molar-refractivity contribution is 0.628. The predicted molar refractivity (Wildman–Crippen MR) is 66.1 cm³/mol. The summed E-state index contributed by atoms with van der Waals surface area (Å²) in [6, 6.07) is 6.06. The summed E-state index contributed by atoms with van der Waals surface area (Å²) in [6.07, 6.45) is 2.12. The molecule has 0 saturated carbocycles. The summed E-state index contributed by atoms with van der Waals surface area (Å²) in [4.78, 5) is 8.05.